The topological polar surface area (TPSA) is 143 Å². The highest BCUT2D eigenvalue weighted by molar-refractivity contribution is 7.15. The van der Waals surface area contributed by atoms with Gasteiger partial charge in [-0.3, -0.25) is 25.0 Å². The Bertz CT molecular complexity index is 1140. The number of aromatic nitrogens is 2. The van der Waals surface area contributed by atoms with Crippen LogP contribution in [0.5, 0.6) is 0 Å². The Morgan fingerprint density at radius 2 is 1.81 bits per heavy atom. The minimum atomic E-state index is -0.547. The highest BCUT2D eigenvalue weighted by Gasteiger charge is 2.13. The standard InChI is InChI=1S/C20H19N7O4S/c1-26(2)15-7-3-13(4-8-15)12-21-23-17(28)11-18-24-25-20(32-18)22-19(29)14-5-9-16(10-6-14)27(30)31/h3-10,12H,11H2,1-2H3,(H,23,28)(H,22,25,29)/b21-12-. The molecule has 12 heteroatoms. The molecule has 11 nitrogen and oxygen atoms in total. The summed E-state index contributed by atoms with van der Waals surface area (Å²) in [6, 6.07) is 12.8. The van der Waals surface area contributed by atoms with E-state index >= 15 is 0 Å². The lowest BCUT2D eigenvalue weighted by molar-refractivity contribution is -0.384. The van der Waals surface area contributed by atoms with Gasteiger partial charge in [0.25, 0.3) is 11.6 Å². The van der Waals surface area contributed by atoms with Crippen molar-refractivity contribution in [1.29, 1.82) is 0 Å². The van der Waals surface area contributed by atoms with E-state index in [0.717, 1.165) is 22.6 Å². The third-order valence-corrected chi connectivity index (χ3v) is 4.99. The average molecular weight is 453 g/mol. The van der Waals surface area contributed by atoms with Crippen LogP contribution in [0.25, 0.3) is 0 Å². The lowest BCUT2D eigenvalue weighted by Crippen LogP contribution is -2.19. The van der Waals surface area contributed by atoms with Crippen molar-refractivity contribution in [2.24, 2.45) is 5.10 Å². The first-order valence-electron chi connectivity index (χ1n) is 9.29. The summed E-state index contributed by atoms with van der Waals surface area (Å²) >= 11 is 1.05. The Labute approximate surface area is 186 Å². The SMILES string of the molecule is CN(C)c1ccc(/C=N\NC(=O)Cc2nnc(NC(=O)c3ccc([N+](=O)[O-])cc3)s2)cc1. The van der Waals surface area contributed by atoms with Gasteiger partial charge in [-0.15, -0.1) is 10.2 Å². The summed E-state index contributed by atoms with van der Waals surface area (Å²) < 4.78 is 0. The molecule has 0 saturated heterocycles. The summed E-state index contributed by atoms with van der Waals surface area (Å²) in [6.45, 7) is 0. The molecule has 32 heavy (non-hydrogen) atoms. The molecule has 3 aromatic rings. The Balaban J connectivity index is 1.50. The highest BCUT2D eigenvalue weighted by Crippen LogP contribution is 2.18. The number of nitrogens with one attached hydrogen (secondary N) is 2. The molecule has 2 N–H and O–H groups in total. The van der Waals surface area contributed by atoms with Gasteiger partial charge in [0, 0.05) is 37.5 Å². The van der Waals surface area contributed by atoms with Gasteiger partial charge in [-0.2, -0.15) is 5.10 Å². The molecule has 0 aliphatic heterocycles. The molecule has 0 bridgehead atoms. The molecular formula is C20H19N7O4S. The van der Waals surface area contributed by atoms with E-state index in [1.54, 1.807) is 0 Å². The number of amides is 2. The van der Waals surface area contributed by atoms with Gasteiger partial charge < -0.3 is 4.90 Å². The van der Waals surface area contributed by atoms with Crippen molar-refractivity contribution in [2.75, 3.05) is 24.3 Å². The van der Waals surface area contributed by atoms with Crippen molar-refractivity contribution in [3.8, 4) is 0 Å². The molecule has 0 fully saturated rings. The summed E-state index contributed by atoms with van der Waals surface area (Å²) in [7, 11) is 3.90. The van der Waals surface area contributed by atoms with E-state index in [0.29, 0.717) is 5.01 Å². The summed E-state index contributed by atoms with van der Waals surface area (Å²) in [5.74, 6) is -0.868. The van der Waals surface area contributed by atoms with Crippen LogP contribution in [0, 0.1) is 10.1 Å². The molecule has 2 amide bonds. The van der Waals surface area contributed by atoms with Gasteiger partial charge in [0.1, 0.15) is 5.01 Å². The maximum atomic E-state index is 12.2. The van der Waals surface area contributed by atoms with E-state index in [4.69, 9.17) is 0 Å². The number of nitrogens with zero attached hydrogens (tertiary/aromatic N) is 5. The fourth-order valence-electron chi connectivity index (χ4n) is 2.49. The fourth-order valence-corrected chi connectivity index (χ4v) is 3.23. The van der Waals surface area contributed by atoms with Gasteiger partial charge in [-0.25, -0.2) is 5.43 Å². The Morgan fingerprint density at radius 3 is 2.44 bits per heavy atom. The number of rotatable bonds is 8. The second-order valence-corrected chi connectivity index (χ2v) is 7.78. The largest absolute Gasteiger partial charge is 0.378 e. The summed E-state index contributed by atoms with van der Waals surface area (Å²) in [4.78, 5) is 36.4. The van der Waals surface area contributed by atoms with Crippen LogP contribution < -0.4 is 15.6 Å². The molecule has 0 aliphatic rings. The minimum absolute atomic E-state index is 0.0536. The number of hydrazone groups is 1. The molecule has 0 radical (unpaired) electrons. The molecule has 2 aromatic carbocycles. The Hall–Kier alpha value is -4.19. The number of carbonyl (C=O) groups excluding carboxylic acids is 2. The first-order valence-corrected chi connectivity index (χ1v) is 10.1. The van der Waals surface area contributed by atoms with Crippen LogP contribution >= 0.6 is 11.3 Å². The molecule has 1 heterocycles. The zero-order valence-corrected chi connectivity index (χ0v) is 18.0. The maximum absolute atomic E-state index is 12.2. The summed E-state index contributed by atoms with van der Waals surface area (Å²) in [5, 5.41) is 25.5. The second kappa shape index (κ2) is 10.2. The predicted octanol–water partition coefficient (Wildman–Crippen LogP) is 2.46. The average Bonchev–Trinajstić information content (AvgIpc) is 3.20. The van der Waals surface area contributed by atoms with E-state index in [1.807, 2.05) is 43.3 Å². The van der Waals surface area contributed by atoms with Crippen LogP contribution in [-0.4, -0.2) is 47.2 Å². The van der Waals surface area contributed by atoms with Crippen molar-refractivity contribution in [1.82, 2.24) is 15.6 Å². The third-order valence-electron chi connectivity index (χ3n) is 4.15. The number of nitro groups is 1. The summed E-state index contributed by atoms with van der Waals surface area (Å²) in [6.07, 6.45) is 1.48. The molecular weight excluding hydrogens is 434 g/mol. The lowest BCUT2D eigenvalue weighted by atomic mass is 10.2. The molecule has 0 aliphatic carbocycles. The molecule has 0 atom stereocenters. The van der Waals surface area contributed by atoms with Crippen molar-refractivity contribution < 1.29 is 14.5 Å². The van der Waals surface area contributed by atoms with E-state index in [2.05, 4.69) is 26.0 Å². The lowest BCUT2D eigenvalue weighted by Gasteiger charge is -2.11. The number of anilines is 2. The molecule has 0 unspecified atom stereocenters. The maximum Gasteiger partial charge on any atom is 0.269 e. The first kappa shape index (κ1) is 22.5. The molecule has 164 valence electrons. The van der Waals surface area contributed by atoms with Gasteiger partial charge in [0.05, 0.1) is 17.6 Å². The van der Waals surface area contributed by atoms with Gasteiger partial charge >= 0.3 is 0 Å². The normalized spacial score (nSPS) is 10.7. The number of hydrogen-bond acceptors (Lipinski definition) is 9. The minimum Gasteiger partial charge on any atom is -0.378 e. The molecule has 3 rings (SSSR count). The Morgan fingerprint density at radius 1 is 1.12 bits per heavy atom. The van der Waals surface area contributed by atoms with Crippen molar-refractivity contribution in [3.63, 3.8) is 0 Å². The number of benzene rings is 2. The third kappa shape index (κ3) is 6.15. The molecule has 0 spiro atoms. The number of non-ortho nitro benzene ring substituents is 1. The van der Waals surface area contributed by atoms with Crippen molar-refractivity contribution in [2.45, 2.75) is 6.42 Å². The van der Waals surface area contributed by atoms with Gasteiger partial charge in [0.2, 0.25) is 11.0 Å². The van der Waals surface area contributed by atoms with Crippen LogP contribution in [0.4, 0.5) is 16.5 Å². The Kier molecular flexibility index (Phi) is 7.18. The van der Waals surface area contributed by atoms with Gasteiger partial charge in [-0.1, -0.05) is 23.5 Å². The van der Waals surface area contributed by atoms with Crippen LogP contribution in [0.3, 0.4) is 0 Å². The zero-order chi connectivity index (χ0) is 23.1. The summed E-state index contributed by atoms with van der Waals surface area (Å²) in [5.41, 5.74) is 4.44. The smallest absolute Gasteiger partial charge is 0.269 e. The van der Waals surface area contributed by atoms with E-state index < -0.39 is 10.8 Å². The highest BCUT2D eigenvalue weighted by atomic mass is 32.1. The monoisotopic (exact) mass is 453 g/mol. The number of nitro benzene ring substituents is 1. The van der Waals surface area contributed by atoms with Crippen molar-refractivity contribution in [3.05, 3.63) is 74.8 Å². The van der Waals surface area contributed by atoms with Gasteiger partial charge in [-0.05, 0) is 29.8 Å². The van der Waals surface area contributed by atoms with Crippen LogP contribution in [0.2, 0.25) is 0 Å². The van der Waals surface area contributed by atoms with E-state index in [9.17, 15) is 19.7 Å². The van der Waals surface area contributed by atoms with Crippen LogP contribution in [0.1, 0.15) is 20.9 Å². The molecule has 0 saturated carbocycles. The second-order valence-electron chi connectivity index (χ2n) is 6.71. The molecule has 1 aromatic heterocycles. The number of carbonyl (C=O) groups is 2. The zero-order valence-electron chi connectivity index (χ0n) is 17.2. The van der Waals surface area contributed by atoms with Gasteiger partial charge in [0.15, 0.2) is 0 Å². The predicted molar refractivity (Wildman–Crippen MR) is 121 cm³/mol. The van der Waals surface area contributed by atoms with Crippen molar-refractivity contribution >= 4 is 45.9 Å². The fraction of sp³-hybridized carbons (Fsp3) is 0.150. The van der Waals surface area contributed by atoms with Crippen LogP contribution in [-0.2, 0) is 11.2 Å². The van der Waals surface area contributed by atoms with E-state index in [-0.39, 0.29) is 28.7 Å². The number of hydrogen-bond donors (Lipinski definition) is 2. The van der Waals surface area contributed by atoms with E-state index in [1.165, 1.54) is 30.5 Å². The van der Waals surface area contributed by atoms with Crippen LogP contribution in [0.15, 0.2) is 53.6 Å². The quantitative estimate of drug-likeness (QED) is 0.303. The first-order chi connectivity index (χ1) is 15.3.